The lowest BCUT2D eigenvalue weighted by Crippen LogP contribution is -2.36. The Morgan fingerprint density at radius 2 is 2.28 bits per heavy atom. The maximum absolute atomic E-state index is 12.0. The van der Waals surface area contributed by atoms with E-state index in [1.165, 1.54) is 24.1 Å². The largest absolute Gasteiger partial charge is 0.391 e. The Hall–Kier alpha value is -1.69. The molecule has 6 nitrogen and oxygen atoms in total. The van der Waals surface area contributed by atoms with Gasteiger partial charge in [-0.2, -0.15) is 5.10 Å². The van der Waals surface area contributed by atoms with Gasteiger partial charge in [-0.25, -0.2) is 4.68 Å². The van der Waals surface area contributed by atoms with E-state index in [1.54, 1.807) is 7.05 Å². The molecule has 1 saturated carbocycles. The van der Waals surface area contributed by atoms with E-state index < -0.39 is 6.10 Å². The van der Waals surface area contributed by atoms with Crippen LogP contribution in [0.3, 0.4) is 0 Å². The molecule has 0 spiro atoms. The Morgan fingerprint density at radius 1 is 1.61 bits per heavy atom. The molecule has 6 heteroatoms. The third-order valence-electron chi connectivity index (χ3n) is 3.15. The zero-order valence-corrected chi connectivity index (χ0v) is 10.5. The van der Waals surface area contributed by atoms with Gasteiger partial charge in [-0.05, 0) is 24.8 Å². The molecule has 1 aliphatic carbocycles. The molecule has 1 atom stereocenters. The number of hydrogen-bond acceptors (Lipinski definition) is 4. The minimum atomic E-state index is -0.466. The minimum Gasteiger partial charge on any atom is -0.391 e. The Labute approximate surface area is 105 Å². The third-order valence-corrected chi connectivity index (χ3v) is 3.15. The molecule has 1 aromatic rings. The number of aliphatic hydroxyl groups excluding tert-OH is 1. The molecule has 0 radical (unpaired) electrons. The highest BCUT2D eigenvalue weighted by molar-refractivity contribution is 5.91. The number of amides is 1. The van der Waals surface area contributed by atoms with Crippen molar-refractivity contribution >= 4 is 5.91 Å². The molecule has 1 fully saturated rings. The lowest BCUT2D eigenvalue weighted by Gasteiger charge is -2.20. The average Bonchev–Trinajstić information content (AvgIpc) is 3.15. The molecule has 1 unspecified atom stereocenters. The second-order valence-corrected chi connectivity index (χ2v) is 4.77. The number of carbonyl (C=O) groups excluding carboxylic acids is 1. The van der Waals surface area contributed by atoms with Gasteiger partial charge < -0.3 is 10.0 Å². The molecule has 1 aliphatic rings. The van der Waals surface area contributed by atoms with Gasteiger partial charge in [0.1, 0.15) is 5.69 Å². The number of rotatable bonds is 4. The monoisotopic (exact) mass is 251 g/mol. The summed E-state index contributed by atoms with van der Waals surface area (Å²) in [6.45, 7) is 0.300. The molecule has 18 heavy (non-hydrogen) atoms. The molecule has 0 aliphatic heterocycles. The van der Waals surface area contributed by atoms with Gasteiger partial charge in [0.25, 0.3) is 11.5 Å². The SMILES string of the molecule is CN(CC(O)C1CC1)C(=O)c1ccc(=O)n(C)n1. The highest BCUT2D eigenvalue weighted by Gasteiger charge is 2.31. The van der Waals surface area contributed by atoms with Crippen LogP contribution in [0.4, 0.5) is 0 Å². The van der Waals surface area contributed by atoms with Crippen molar-refractivity contribution in [2.45, 2.75) is 18.9 Å². The van der Waals surface area contributed by atoms with Gasteiger partial charge in [0.2, 0.25) is 0 Å². The minimum absolute atomic E-state index is 0.211. The van der Waals surface area contributed by atoms with Crippen molar-refractivity contribution in [1.29, 1.82) is 0 Å². The Bertz CT molecular complexity index is 508. The Morgan fingerprint density at radius 3 is 2.83 bits per heavy atom. The van der Waals surface area contributed by atoms with Crippen molar-refractivity contribution < 1.29 is 9.90 Å². The second-order valence-electron chi connectivity index (χ2n) is 4.77. The van der Waals surface area contributed by atoms with Crippen molar-refractivity contribution in [3.8, 4) is 0 Å². The van der Waals surface area contributed by atoms with Gasteiger partial charge in [-0.15, -0.1) is 0 Å². The van der Waals surface area contributed by atoms with Gasteiger partial charge >= 0.3 is 0 Å². The first-order valence-corrected chi connectivity index (χ1v) is 5.97. The van der Waals surface area contributed by atoms with E-state index in [0.717, 1.165) is 17.5 Å². The lowest BCUT2D eigenvalue weighted by molar-refractivity contribution is 0.0638. The summed E-state index contributed by atoms with van der Waals surface area (Å²) in [6, 6.07) is 2.72. The van der Waals surface area contributed by atoms with Crippen molar-refractivity contribution in [2.24, 2.45) is 13.0 Å². The standard InChI is InChI=1S/C12H17N3O3/c1-14(7-10(16)8-3-4-8)12(18)9-5-6-11(17)15(2)13-9/h5-6,8,10,16H,3-4,7H2,1-2H3. The van der Waals surface area contributed by atoms with Crippen molar-refractivity contribution in [3.05, 3.63) is 28.2 Å². The van der Waals surface area contributed by atoms with Gasteiger partial charge in [-0.1, -0.05) is 0 Å². The topological polar surface area (TPSA) is 75.4 Å². The normalized spacial score (nSPS) is 16.4. The summed E-state index contributed by atoms with van der Waals surface area (Å²) >= 11 is 0. The zero-order chi connectivity index (χ0) is 13.3. The summed E-state index contributed by atoms with van der Waals surface area (Å²) in [4.78, 5) is 24.6. The van der Waals surface area contributed by atoms with E-state index in [2.05, 4.69) is 5.10 Å². The van der Waals surface area contributed by atoms with Gasteiger partial charge in [0, 0.05) is 26.7 Å². The van der Waals surface area contributed by atoms with Crippen LogP contribution in [0.15, 0.2) is 16.9 Å². The second kappa shape index (κ2) is 4.89. The van der Waals surface area contributed by atoms with Crippen molar-refractivity contribution in [1.82, 2.24) is 14.7 Å². The van der Waals surface area contributed by atoms with Gasteiger partial charge in [-0.3, -0.25) is 9.59 Å². The fourth-order valence-electron chi connectivity index (χ4n) is 1.81. The number of nitrogens with zero attached hydrogens (tertiary/aromatic N) is 3. The van der Waals surface area contributed by atoms with Crippen LogP contribution in [-0.4, -0.2) is 45.4 Å². The number of hydrogen-bond donors (Lipinski definition) is 1. The molecule has 1 aromatic heterocycles. The Kier molecular flexibility index (Phi) is 3.47. The molecule has 98 valence electrons. The van der Waals surface area contributed by atoms with E-state index in [1.807, 2.05) is 0 Å². The van der Waals surface area contributed by atoms with E-state index in [4.69, 9.17) is 0 Å². The highest BCUT2D eigenvalue weighted by Crippen LogP contribution is 2.32. The first-order valence-electron chi connectivity index (χ1n) is 5.97. The lowest BCUT2D eigenvalue weighted by atomic mass is 10.2. The molecule has 1 N–H and O–H groups in total. The van der Waals surface area contributed by atoms with Crippen molar-refractivity contribution in [2.75, 3.05) is 13.6 Å². The van der Waals surface area contributed by atoms with E-state index in [9.17, 15) is 14.7 Å². The number of aliphatic hydroxyl groups is 1. The molecular weight excluding hydrogens is 234 g/mol. The van der Waals surface area contributed by atoms with E-state index in [-0.39, 0.29) is 17.2 Å². The van der Waals surface area contributed by atoms with Crippen LogP contribution in [-0.2, 0) is 7.05 Å². The summed E-state index contributed by atoms with van der Waals surface area (Å²) < 4.78 is 1.12. The summed E-state index contributed by atoms with van der Waals surface area (Å²) in [5.74, 6) is 0.0404. The molecule has 2 rings (SSSR count). The van der Waals surface area contributed by atoms with Crippen LogP contribution in [0.1, 0.15) is 23.3 Å². The average molecular weight is 251 g/mol. The Balaban J connectivity index is 2.04. The van der Waals surface area contributed by atoms with Crippen LogP contribution in [0.5, 0.6) is 0 Å². The first-order chi connectivity index (χ1) is 8.49. The first kappa shape index (κ1) is 12.8. The molecule has 1 amide bonds. The number of carbonyl (C=O) groups is 1. The van der Waals surface area contributed by atoms with E-state index in [0.29, 0.717) is 12.5 Å². The predicted octanol–water partition coefficient (Wildman–Crippen LogP) is -0.377. The van der Waals surface area contributed by atoms with E-state index >= 15 is 0 Å². The molecule has 1 heterocycles. The summed E-state index contributed by atoms with van der Waals surface area (Å²) in [5, 5.41) is 13.7. The fraction of sp³-hybridized carbons (Fsp3) is 0.583. The number of likely N-dealkylation sites (N-methyl/N-ethyl adjacent to an activating group) is 1. The molecular formula is C12H17N3O3. The summed E-state index contributed by atoms with van der Waals surface area (Å²) in [5.41, 5.74) is -0.0465. The zero-order valence-electron chi connectivity index (χ0n) is 10.5. The molecule has 0 aromatic carbocycles. The van der Waals surface area contributed by atoms with Crippen molar-refractivity contribution in [3.63, 3.8) is 0 Å². The van der Waals surface area contributed by atoms with Crippen LogP contribution < -0.4 is 5.56 Å². The fourth-order valence-corrected chi connectivity index (χ4v) is 1.81. The van der Waals surface area contributed by atoms with Gasteiger partial charge in [0.05, 0.1) is 6.10 Å². The molecule has 0 bridgehead atoms. The van der Waals surface area contributed by atoms with Crippen LogP contribution in [0, 0.1) is 5.92 Å². The summed E-state index contributed by atoms with van der Waals surface area (Å²) in [6.07, 6.45) is 1.59. The smallest absolute Gasteiger partial charge is 0.274 e. The van der Waals surface area contributed by atoms with Crippen LogP contribution in [0.2, 0.25) is 0 Å². The highest BCUT2D eigenvalue weighted by atomic mass is 16.3. The van der Waals surface area contributed by atoms with Crippen LogP contribution >= 0.6 is 0 Å². The number of aromatic nitrogens is 2. The quantitative estimate of drug-likeness (QED) is 0.791. The predicted molar refractivity (Wildman–Crippen MR) is 65.2 cm³/mol. The van der Waals surface area contributed by atoms with Gasteiger partial charge in [0.15, 0.2) is 0 Å². The third kappa shape index (κ3) is 2.76. The molecule has 0 saturated heterocycles. The maximum Gasteiger partial charge on any atom is 0.274 e. The summed E-state index contributed by atoms with van der Waals surface area (Å²) in [7, 11) is 3.12. The van der Waals surface area contributed by atoms with Crippen LogP contribution in [0.25, 0.3) is 0 Å². The maximum atomic E-state index is 12.0. The number of aryl methyl sites for hydroxylation is 1.